The van der Waals surface area contributed by atoms with E-state index in [1.54, 1.807) is 4.68 Å². The van der Waals surface area contributed by atoms with Gasteiger partial charge in [-0.3, -0.25) is 4.79 Å². The van der Waals surface area contributed by atoms with Crippen LogP contribution >= 0.6 is 0 Å². The number of primary amides is 1. The molecule has 0 aliphatic heterocycles. The van der Waals surface area contributed by atoms with Crippen LogP contribution in [0.5, 0.6) is 0 Å². The highest BCUT2D eigenvalue weighted by Gasteiger charge is 2.15. The van der Waals surface area contributed by atoms with E-state index in [0.29, 0.717) is 26.2 Å². The Bertz CT molecular complexity index is 335. The minimum Gasteiger partial charge on any atom is -0.380 e. The van der Waals surface area contributed by atoms with E-state index in [0.717, 1.165) is 5.69 Å². The van der Waals surface area contributed by atoms with Gasteiger partial charge in [0.1, 0.15) is 0 Å². The molecular formula is C9H16N4O2. The van der Waals surface area contributed by atoms with E-state index < -0.39 is 5.91 Å². The van der Waals surface area contributed by atoms with Crippen LogP contribution in [-0.4, -0.2) is 34.1 Å². The summed E-state index contributed by atoms with van der Waals surface area (Å²) < 4.78 is 6.86. The number of amides is 1. The van der Waals surface area contributed by atoms with E-state index in [1.165, 1.54) is 0 Å². The fourth-order valence-electron chi connectivity index (χ4n) is 1.35. The van der Waals surface area contributed by atoms with Crippen molar-refractivity contribution in [3.8, 4) is 0 Å². The molecule has 0 aliphatic carbocycles. The quantitative estimate of drug-likeness (QED) is 0.671. The molecule has 1 heterocycles. The molecule has 15 heavy (non-hydrogen) atoms. The van der Waals surface area contributed by atoms with Crippen LogP contribution in [0.1, 0.15) is 30.0 Å². The van der Waals surface area contributed by atoms with Gasteiger partial charge in [0.2, 0.25) is 0 Å². The van der Waals surface area contributed by atoms with E-state index in [4.69, 9.17) is 10.5 Å². The van der Waals surface area contributed by atoms with Gasteiger partial charge in [-0.2, -0.15) is 0 Å². The maximum absolute atomic E-state index is 11.0. The van der Waals surface area contributed by atoms with Crippen molar-refractivity contribution in [1.82, 2.24) is 15.0 Å². The lowest BCUT2D eigenvalue weighted by Crippen LogP contribution is -2.16. The van der Waals surface area contributed by atoms with Crippen molar-refractivity contribution in [2.75, 3.05) is 13.2 Å². The van der Waals surface area contributed by atoms with Crippen LogP contribution in [0.15, 0.2) is 0 Å². The Hall–Kier alpha value is -1.43. The Morgan fingerprint density at radius 3 is 2.80 bits per heavy atom. The van der Waals surface area contributed by atoms with E-state index >= 15 is 0 Å². The fourth-order valence-corrected chi connectivity index (χ4v) is 1.35. The molecule has 0 aromatic carbocycles. The molecule has 1 amide bonds. The number of hydrogen-bond donors (Lipinski definition) is 1. The summed E-state index contributed by atoms with van der Waals surface area (Å²) in [6.07, 6.45) is 0.678. The fraction of sp³-hybridized carbons (Fsp3) is 0.667. The lowest BCUT2D eigenvalue weighted by molar-refractivity contribution is 0.0994. The molecule has 0 spiro atoms. The minimum atomic E-state index is -0.533. The normalized spacial score (nSPS) is 10.5. The third-order valence-corrected chi connectivity index (χ3v) is 2.06. The predicted octanol–water partition coefficient (Wildman–Crippen LogP) is -0.0241. The topological polar surface area (TPSA) is 83.0 Å². The van der Waals surface area contributed by atoms with Crippen molar-refractivity contribution in [3.05, 3.63) is 11.4 Å². The molecule has 6 heteroatoms. The standard InChI is InChI=1S/C9H16N4O2/c1-3-7-8(9(10)14)11-12-13(7)5-6-15-4-2/h3-6H2,1-2H3,(H2,10,14). The van der Waals surface area contributed by atoms with Gasteiger partial charge in [0.25, 0.3) is 5.91 Å². The zero-order valence-electron chi connectivity index (χ0n) is 9.06. The maximum Gasteiger partial charge on any atom is 0.271 e. The number of aromatic nitrogens is 3. The summed E-state index contributed by atoms with van der Waals surface area (Å²) in [7, 11) is 0. The lowest BCUT2D eigenvalue weighted by atomic mass is 10.2. The summed E-state index contributed by atoms with van der Waals surface area (Å²) in [5.41, 5.74) is 6.20. The van der Waals surface area contributed by atoms with Gasteiger partial charge < -0.3 is 10.5 Å². The zero-order chi connectivity index (χ0) is 11.3. The highest BCUT2D eigenvalue weighted by Crippen LogP contribution is 2.05. The molecule has 0 radical (unpaired) electrons. The molecule has 0 atom stereocenters. The van der Waals surface area contributed by atoms with Crippen LogP contribution in [-0.2, 0) is 17.7 Å². The molecule has 84 valence electrons. The second-order valence-electron chi connectivity index (χ2n) is 3.02. The van der Waals surface area contributed by atoms with Crippen LogP contribution in [0.25, 0.3) is 0 Å². The molecule has 0 unspecified atom stereocenters. The van der Waals surface area contributed by atoms with E-state index in [-0.39, 0.29) is 5.69 Å². The van der Waals surface area contributed by atoms with Crippen molar-refractivity contribution in [2.45, 2.75) is 26.8 Å². The second-order valence-corrected chi connectivity index (χ2v) is 3.02. The smallest absolute Gasteiger partial charge is 0.271 e. The Kier molecular flexibility index (Phi) is 4.23. The van der Waals surface area contributed by atoms with Gasteiger partial charge >= 0.3 is 0 Å². The summed E-state index contributed by atoms with van der Waals surface area (Å²) in [5, 5.41) is 7.61. The highest BCUT2D eigenvalue weighted by molar-refractivity contribution is 5.91. The first kappa shape index (κ1) is 11.6. The van der Waals surface area contributed by atoms with Crippen LogP contribution in [0.2, 0.25) is 0 Å². The predicted molar refractivity (Wildman–Crippen MR) is 54.4 cm³/mol. The van der Waals surface area contributed by atoms with Gasteiger partial charge in [0.15, 0.2) is 5.69 Å². The number of carbonyl (C=O) groups excluding carboxylic acids is 1. The molecule has 1 aromatic heterocycles. The van der Waals surface area contributed by atoms with E-state index in [2.05, 4.69) is 10.3 Å². The van der Waals surface area contributed by atoms with Gasteiger partial charge in [-0.1, -0.05) is 12.1 Å². The van der Waals surface area contributed by atoms with Crippen molar-refractivity contribution < 1.29 is 9.53 Å². The number of nitrogens with two attached hydrogens (primary N) is 1. The molecule has 1 rings (SSSR count). The maximum atomic E-state index is 11.0. The number of hydrogen-bond acceptors (Lipinski definition) is 4. The number of rotatable bonds is 6. The van der Waals surface area contributed by atoms with Crippen molar-refractivity contribution >= 4 is 5.91 Å². The van der Waals surface area contributed by atoms with E-state index in [1.807, 2.05) is 13.8 Å². The molecule has 0 saturated heterocycles. The molecule has 0 saturated carbocycles. The van der Waals surface area contributed by atoms with Crippen LogP contribution in [0.4, 0.5) is 0 Å². The van der Waals surface area contributed by atoms with Crippen molar-refractivity contribution in [2.24, 2.45) is 5.73 Å². The second kappa shape index (κ2) is 5.45. The van der Waals surface area contributed by atoms with Crippen molar-refractivity contribution in [3.63, 3.8) is 0 Å². The van der Waals surface area contributed by atoms with Gasteiger partial charge in [-0.05, 0) is 13.3 Å². The Balaban J connectivity index is 2.75. The minimum absolute atomic E-state index is 0.258. The average molecular weight is 212 g/mol. The van der Waals surface area contributed by atoms with Gasteiger partial charge in [0, 0.05) is 6.61 Å². The molecular weight excluding hydrogens is 196 g/mol. The largest absolute Gasteiger partial charge is 0.380 e. The SMILES string of the molecule is CCOCCn1nnc(C(N)=O)c1CC. The lowest BCUT2D eigenvalue weighted by Gasteiger charge is -2.04. The Morgan fingerprint density at radius 2 is 2.27 bits per heavy atom. The number of nitrogens with zero attached hydrogens (tertiary/aromatic N) is 3. The molecule has 2 N–H and O–H groups in total. The highest BCUT2D eigenvalue weighted by atomic mass is 16.5. The third-order valence-electron chi connectivity index (χ3n) is 2.06. The summed E-state index contributed by atoms with van der Waals surface area (Å²) in [4.78, 5) is 11.0. The molecule has 0 fully saturated rings. The molecule has 0 bridgehead atoms. The summed E-state index contributed by atoms with van der Waals surface area (Å²) in [5.74, 6) is -0.533. The first-order valence-electron chi connectivity index (χ1n) is 5.00. The van der Waals surface area contributed by atoms with Crippen LogP contribution in [0.3, 0.4) is 0 Å². The summed E-state index contributed by atoms with van der Waals surface area (Å²) in [6.45, 7) is 5.68. The molecule has 0 aliphatic rings. The first-order valence-corrected chi connectivity index (χ1v) is 5.00. The average Bonchev–Trinajstić information content (AvgIpc) is 2.61. The van der Waals surface area contributed by atoms with Crippen LogP contribution < -0.4 is 5.73 Å². The molecule has 6 nitrogen and oxygen atoms in total. The Morgan fingerprint density at radius 1 is 1.53 bits per heavy atom. The Labute approximate surface area is 88.4 Å². The van der Waals surface area contributed by atoms with Gasteiger partial charge in [-0.25, -0.2) is 4.68 Å². The third kappa shape index (κ3) is 2.76. The summed E-state index contributed by atoms with van der Waals surface area (Å²) >= 11 is 0. The van der Waals surface area contributed by atoms with E-state index in [9.17, 15) is 4.79 Å². The first-order chi connectivity index (χ1) is 7.20. The number of carbonyl (C=O) groups is 1. The van der Waals surface area contributed by atoms with Gasteiger partial charge in [0.05, 0.1) is 18.8 Å². The number of ether oxygens (including phenoxy) is 1. The molecule has 1 aromatic rings. The summed E-state index contributed by atoms with van der Waals surface area (Å²) in [6, 6.07) is 0. The van der Waals surface area contributed by atoms with Gasteiger partial charge in [-0.15, -0.1) is 5.10 Å². The zero-order valence-corrected chi connectivity index (χ0v) is 9.06. The monoisotopic (exact) mass is 212 g/mol. The van der Waals surface area contributed by atoms with Crippen molar-refractivity contribution in [1.29, 1.82) is 0 Å². The van der Waals surface area contributed by atoms with Crippen LogP contribution in [0, 0.1) is 0 Å².